The number of carbonyl (C=O) groups excluding carboxylic acids is 1. The molecule has 0 aliphatic heterocycles. The Morgan fingerprint density at radius 2 is 1.75 bits per heavy atom. The molecule has 10 heteroatoms. The standard InChI is InChI=1S/C10H10N5O3S.K/c1-8(16)13-9-2-4-10(5-3-9)19(17,18)14-15-6-11-12-7-15;/h2-7H,1H3,(H,13,16);/q-1;+1. The fourth-order valence-electron chi connectivity index (χ4n) is 1.32. The predicted molar refractivity (Wildman–Crippen MR) is 66.7 cm³/mol. The molecule has 0 fully saturated rings. The Bertz CT molecular complexity index is 669. The van der Waals surface area contributed by atoms with Crippen LogP contribution in [0.5, 0.6) is 0 Å². The van der Waals surface area contributed by atoms with Crippen LogP contribution in [0.15, 0.2) is 41.8 Å². The molecule has 0 radical (unpaired) electrons. The van der Waals surface area contributed by atoms with Crippen molar-refractivity contribution in [2.75, 3.05) is 5.32 Å². The Kier molecular flexibility index (Phi) is 6.29. The van der Waals surface area contributed by atoms with Crippen molar-refractivity contribution in [1.82, 2.24) is 14.9 Å². The van der Waals surface area contributed by atoms with Gasteiger partial charge in [0, 0.05) is 12.6 Å². The van der Waals surface area contributed by atoms with Crippen LogP contribution in [0.25, 0.3) is 4.83 Å². The van der Waals surface area contributed by atoms with Gasteiger partial charge in [-0.2, -0.15) is 0 Å². The quantitative estimate of drug-likeness (QED) is 0.642. The third kappa shape index (κ3) is 4.65. The SMILES string of the molecule is CC(=O)Nc1ccc(S(=O)(=O)[N-]n2cnnc2)cc1.[K+]. The molecule has 100 valence electrons. The molecule has 0 saturated heterocycles. The topological polar surface area (TPSA) is 108 Å². The van der Waals surface area contributed by atoms with Gasteiger partial charge in [-0.15, -0.1) is 10.2 Å². The smallest absolute Gasteiger partial charge is 0.503 e. The second-order valence-corrected chi connectivity index (χ2v) is 5.19. The van der Waals surface area contributed by atoms with Crippen molar-refractivity contribution in [2.24, 2.45) is 0 Å². The predicted octanol–water partition coefficient (Wildman–Crippen LogP) is -2.23. The van der Waals surface area contributed by atoms with Crippen LogP contribution in [-0.4, -0.2) is 29.2 Å². The van der Waals surface area contributed by atoms with Gasteiger partial charge in [0.2, 0.25) is 5.91 Å². The molecule has 1 aromatic heterocycles. The zero-order chi connectivity index (χ0) is 13.9. The number of amides is 1. The first-order valence-corrected chi connectivity index (χ1v) is 6.62. The van der Waals surface area contributed by atoms with Gasteiger partial charge in [0.05, 0.1) is 4.90 Å². The van der Waals surface area contributed by atoms with Gasteiger partial charge in [0.15, 0.2) is 0 Å². The number of hydrogen-bond donors (Lipinski definition) is 1. The van der Waals surface area contributed by atoms with E-state index in [-0.39, 0.29) is 62.2 Å². The van der Waals surface area contributed by atoms with Crippen LogP contribution in [0.2, 0.25) is 0 Å². The molecule has 2 rings (SSSR count). The zero-order valence-corrected chi connectivity index (χ0v) is 14.8. The Hall–Kier alpha value is -0.784. The number of nitrogens with zero attached hydrogens (tertiary/aromatic N) is 4. The molecule has 1 amide bonds. The van der Waals surface area contributed by atoms with E-state index in [9.17, 15) is 13.2 Å². The monoisotopic (exact) mass is 319 g/mol. The van der Waals surface area contributed by atoms with E-state index in [1.165, 1.54) is 43.8 Å². The summed E-state index contributed by atoms with van der Waals surface area (Å²) in [6.45, 7) is 1.37. The Balaban J connectivity index is 0.00000200. The molecule has 0 spiro atoms. The largest absolute Gasteiger partial charge is 1.00 e. The molecule has 0 aliphatic carbocycles. The average Bonchev–Trinajstić information content (AvgIpc) is 2.81. The van der Waals surface area contributed by atoms with E-state index >= 15 is 0 Å². The summed E-state index contributed by atoms with van der Waals surface area (Å²) in [5, 5.41) is 9.45. The Morgan fingerprint density at radius 1 is 1.20 bits per heavy atom. The summed E-state index contributed by atoms with van der Waals surface area (Å²) < 4.78 is 24.8. The first-order valence-electron chi connectivity index (χ1n) is 5.18. The summed E-state index contributed by atoms with van der Waals surface area (Å²) in [5.74, 6) is -0.232. The van der Waals surface area contributed by atoms with Gasteiger partial charge in [-0.25, -0.2) is 8.42 Å². The first-order chi connectivity index (χ1) is 8.97. The molecule has 1 N–H and O–H groups in total. The minimum atomic E-state index is -3.83. The number of benzene rings is 1. The van der Waals surface area contributed by atoms with Gasteiger partial charge in [-0.1, -0.05) is 0 Å². The summed E-state index contributed by atoms with van der Waals surface area (Å²) in [4.78, 5) is 14.3. The second-order valence-electron chi connectivity index (χ2n) is 3.60. The van der Waals surface area contributed by atoms with E-state index in [1.807, 2.05) is 0 Å². The van der Waals surface area contributed by atoms with Crippen LogP contribution in [0.4, 0.5) is 5.69 Å². The molecule has 0 aliphatic rings. The third-order valence-corrected chi connectivity index (χ3v) is 3.35. The van der Waals surface area contributed by atoms with Crippen LogP contribution >= 0.6 is 0 Å². The number of nitrogens with one attached hydrogen (secondary N) is 1. The number of aromatic nitrogens is 3. The van der Waals surface area contributed by atoms with Gasteiger partial charge >= 0.3 is 51.4 Å². The molecule has 0 unspecified atom stereocenters. The van der Waals surface area contributed by atoms with Gasteiger partial charge in [-0.05, 0) is 24.3 Å². The fourth-order valence-corrected chi connectivity index (χ4v) is 2.23. The van der Waals surface area contributed by atoms with E-state index < -0.39 is 10.0 Å². The van der Waals surface area contributed by atoms with Crippen molar-refractivity contribution in [3.63, 3.8) is 0 Å². The van der Waals surface area contributed by atoms with Crippen LogP contribution in [0.3, 0.4) is 0 Å². The maximum Gasteiger partial charge on any atom is 1.00 e. The van der Waals surface area contributed by atoms with E-state index in [1.54, 1.807) is 0 Å². The molecule has 1 aromatic carbocycles. The second kappa shape index (κ2) is 7.29. The average molecular weight is 319 g/mol. The molecule has 1 heterocycles. The van der Waals surface area contributed by atoms with Crippen molar-refractivity contribution < 1.29 is 64.6 Å². The van der Waals surface area contributed by atoms with Crippen molar-refractivity contribution in [2.45, 2.75) is 11.8 Å². The normalized spacial score (nSPS) is 10.4. The van der Waals surface area contributed by atoms with Gasteiger partial charge < -0.3 is 14.8 Å². The van der Waals surface area contributed by atoms with Crippen molar-refractivity contribution in [3.05, 3.63) is 41.8 Å². The molecule has 2 aromatic rings. The summed E-state index contributed by atoms with van der Waals surface area (Å²) in [6, 6.07) is 5.68. The van der Waals surface area contributed by atoms with Crippen molar-refractivity contribution in [1.29, 1.82) is 0 Å². The van der Waals surface area contributed by atoms with E-state index in [2.05, 4.69) is 20.3 Å². The van der Waals surface area contributed by atoms with Crippen LogP contribution in [-0.2, 0) is 14.8 Å². The van der Waals surface area contributed by atoms with Crippen molar-refractivity contribution in [3.8, 4) is 0 Å². The summed E-state index contributed by atoms with van der Waals surface area (Å²) in [7, 11) is -3.83. The maximum atomic E-state index is 11.9. The number of rotatable bonds is 4. The zero-order valence-electron chi connectivity index (χ0n) is 10.9. The number of anilines is 1. The molecule has 20 heavy (non-hydrogen) atoms. The van der Waals surface area contributed by atoms with Crippen LogP contribution in [0.1, 0.15) is 6.92 Å². The Labute approximate surface area is 158 Å². The van der Waals surface area contributed by atoms with E-state index in [0.717, 1.165) is 4.68 Å². The minimum absolute atomic E-state index is 0. The van der Waals surface area contributed by atoms with E-state index in [0.29, 0.717) is 5.69 Å². The summed E-state index contributed by atoms with van der Waals surface area (Å²) >= 11 is 0. The van der Waals surface area contributed by atoms with Crippen LogP contribution < -0.4 is 56.7 Å². The molecule has 0 atom stereocenters. The van der Waals surface area contributed by atoms with Gasteiger partial charge in [0.25, 0.3) is 0 Å². The summed E-state index contributed by atoms with van der Waals surface area (Å²) in [5.41, 5.74) is 0.510. The van der Waals surface area contributed by atoms with Gasteiger partial charge in [0.1, 0.15) is 22.7 Å². The van der Waals surface area contributed by atoms with E-state index in [4.69, 9.17) is 0 Å². The first kappa shape index (κ1) is 17.3. The van der Waals surface area contributed by atoms with Crippen LogP contribution in [0, 0.1) is 0 Å². The number of hydrogen-bond acceptors (Lipinski definition) is 5. The molecular weight excluding hydrogens is 309 g/mol. The van der Waals surface area contributed by atoms with Gasteiger partial charge in [-0.3, -0.25) is 4.79 Å². The number of carbonyl (C=O) groups is 1. The summed E-state index contributed by atoms with van der Waals surface area (Å²) in [6.07, 6.45) is 2.34. The fraction of sp³-hybridized carbons (Fsp3) is 0.100. The molecule has 0 saturated carbocycles. The minimum Gasteiger partial charge on any atom is -0.503 e. The Morgan fingerprint density at radius 3 is 2.25 bits per heavy atom. The van der Waals surface area contributed by atoms with Crippen molar-refractivity contribution >= 4 is 21.6 Å². The molecular formula is C10H10KN5O3S. The third-order valence-electron chi connectivity index (χ3n) is 2.08. The number of sulfonamides is 1. The maximum absolute atomic E-state index is 11.9. The molecule has 0 bridgehead atoms. The molecule has 8 nitrogen and oxygen atoms in total.